The van der Waals surface area contributed by atoms with Crippen molar-refractivity contribution in [1.29, 1.82) is 0 Å². The highest BCUT2D eigenvalue weighted by Gasteiger charge is 2.30. The number of benzene rings is 1. The van der Waals surface area contributed by atoms with Crippen molar-refractivity contribution in [2.45, 2.75) is 25.8 Å². The maximum absolute atomic E-state index is 14.3. The number of hydrogen-bond donors (Lipinski definition) is 1. The van der Waals surface area contributed by atoms with Crippen LogP contribution >= 0.6 is 0 Å². The van der Waals surface area contributed by atoms with Crippen molar-refractivity contribution in [2.24, 2.45) is 0 Å². The second-order valence-corrected chi connectivity index (χ2v) is 6.92. The number of anilines is 1. The molecule has 142 valence electrons. The van der Waals surface area contributed by atoms with Crippen LogP contribution in [0.5, 0.6) is 0 Å². The third-order valence-corrected chi connectivity index (χ3v) is 5.11. The molecule has 1 aliphatic heterocycles. The third-order valence-electron chi connectivity index (χ3n) is 5.11. The first-order valence-electron chi connectivity index (χ1n) is 8.99. The predicted molar refractivity (Wildman–Crippen MR) is 99.3 cm³/mol. The van der Waals surface area contributed by atoms with Gasteiger partial charge in [-0.2, -0.15) is 0 Å². The molecule has 1 saturated heterocycles. The minimum absolute atomic E-state index is 0.306. The average molecular weight is 382 g/mol. The van der Waals surface area contributed by atoms with Crippen LogP contribution in [-0.4, -0.2) is 31.1 Å². The molecule has 0 aliphatic carbocycles. The molecule has 9 heteroatoms. The second-order valence-electron chi connectivity index (χ2n) is 6.92. The molecule has 0 radical (unpaired) electrons. The van der Waals surface area contributed by atoms with Crippen LogP contribution in [0.2, 0.25) is 0 Å². The van der Waals surface area contributed by atoms with Gasteiger partial charge in [-0.15, -0.1) is 5.10 Å². The van der Waals surface area contributed by atoms with Crippen molar-refractivity contribution in [3.63, 3.8) is 0 Å². The lowest BCUT2D eigenvalue weighted by Gasteiger charge is -2.26. The van der Waals surface area contributed by atoms with Crippen LogP contribution in [0, 0.1) is 18.6 Å². The Kier molecular flexibility index (Phi) is 3.65. The van der Waals surface area contributed by atoms with Crippen molar-refractivity contribution in [3.05, 3.63) is 63.8 Å². The highest BCUT2D eigenvalue weighted by molar-refractivity contribution is 5.89. The summed E-state index contributed by atoms with van der Waals surface area (Å²) >= 11 is 0. The number of nitrogens with zero attached hydrogens (tertiary/aromatic N) is 5. The van der Waals surface area contributed by atoms with E-state index in [4.69, 9.17) is 0 Å². The quantitative estimate of drug-likeness (QED) is 0.577. The first-order valence-corrected chi connectivity index (χ1v) is 8.99. The van der Waals surface area contributed by atoms with E-state index in [-0.39, 0.29) is 11.6 Å². The van der Waals surface area contributed by atoms with Gasteiger partial charge in [-0.05, 0) is 44.0 Å². The van der Waals surface area contributed by atoms with Gasteiger partial charge in [0.1, 0.15) is 28.7 Å². The lowest BCUT2D eigenvalue weighted by Crippen LogP contribution is -2.24. The summed E-state index contributed by atoms with van der Waals surface area (Å²) in [5.74, 6) is 0.148. The number of rotatable bonds is 2. The average Bonchev–Trinajstić information content (AvgIpc) is 3.27. The maximum Gasteiger partial charge on any atom is 0.264 e. The van der Waals surface area contributed by atoms with Crippen molar-refractivity contribution in [3.8, 4) is 0 Å². The van der Waals surface area contributed by atoms with Crippen LogP contribution in [0.1, 0.15) is 30.3 Å². The van der Waals surface area contributed by atoms with Crippen molar-refractivity contribution < 1.29 is 8.78 Å². The molecule has 0 bridgehead atoms. The zero-order valence-corrected chi connectivity index (χ0v) is 15.0. The summed E-state index contributed by atoms with van der Waals surface area (Å²) in [5.41, 5.74) is 0.704. The van der Waals surface area contributed by atoms with Crippen LogP contribution in [0.4, 0.5) is 14.6 Å². The first-order chi connectivity index (χ1) is 13.5. The fraction of sp³-hybridized carbons (Fsp3) is 0.263. The fourth-order valence-corrected chi connectivity index (χ4v) is 3.90. The Morgan fingerprint density at radius 2 is 2.07 bits per heavy atom. The fourth-order valence-electron chi connectivity index (χ4n) is 3.90. The number of hydrogen-bond acceptors (Lipinski definition) is 5. The zero-order chi connectivity index (χ0) is 19.4. The number of halogens is 2. The molecule has 1 aliphatic rings. The number of H-pyrrole nitrogens is 1. The molecule has 1 N–H and O–H groups in total. The molecule has 1 atom stereocenters. The Labute approximate surface area is 157 Å². The van der Waals surface area contributed by atoms with E-state index in [1.54, 1.807) is 19.2 Å². The third kappa shape index (κ3) is 2.54. The summed E-state index contributed by atoms with van der Waals surface area (Å²) in [6.45, 7) is 2.34. The van der Waals surface area contributed by atoms with E-state index in [0.29, 0.717) is 46.9 Å². The number of aryl methyl sites for hydroxylation is 1. The molecule has 0 amide bonds. The number of aromatic nitrogens is 5. The molecule has 28 heavy (non-hydrogen) atoms. The van der Waals surface area contributed by atoms with E-state index in [1.807, 2.05) is 4.90 Å². The van der Waals surface area contributed by atoms with Gasteiger partial charge >= 0.3 is 0 Å². The molecule has 4 aromatic rings. The van der Waals surface area contributed by atoms with Gasteiger partial charge in [0.25, 0.3) is 5.56 Å². The molecule has 1 aromatic carbocycles. The lowest BCUT2D eigenvalue weighted by molar-refractivity contribution is 0.560. The van der Waals surface area contributed by atoms with Crippen LogP contribution in [0.15, 0.2) is 35.3 Å². The van der Waals surface area contributed by atoms with Crippen LogP contribution in [0.25, 0.3) is 16.7 Å². The van der Waals surface area contributed by atoms with Gasteiger partial charge in [0.15, 0.2) is 11.3 Å². The van der Waals surface area contributed by atoms with Crippen molar-refractivity contribution in [2.75, 3.05) is 11.4 Å². The summed E-state index contributed by atoms with van der Waals surface area (Å²) in [7, 11) is 0. The van der Waals surface area contributed by atoms with Gasteiger partial charge in [-0.3, -0.25) is 4.79 Å². The molecule has 3 aromatic heterocycles. The molecule has 0 spiro atoms. The van der Waals surface area contributed by atoms with Gasteiger partial charge in [0, 0.05) is 18.3 Å². The highest BCUT2D eigenvalue weighted by atomic mass is 19.1. The largest absolute Gasteiger partial charge is 0.349 e. The SMILES string of the molecule is Cc1nc2nn3ccc(N4CCC[C@@H]4c4cc(F)ccc4F)nc3c2c(=O)[nH]1. The molecule has 1 fully saturated rings. The Balaban J connectivity index is 1.65. The monoisotopic (exact) mass is 382 g/mol. The van der Waals surface area contributed by atoms with E-state index in [1.165, 1.54) is 10.6 Å². The predicted octanol–water partition coefficient (Wildman–Crippen LogP) is 2.89. The van der Waals surface area contributed by atoms with Gasteiger partial charge in [-0.25, -0.2) is 23.3 Å². The summed E-state index contributed by atoms with van der Waals surface area (Å²) in [6.07, 6.45) is 3.22. The summed E-state index contributed by atoms with van der Waals surface area (Å²) in [4.78, 5) is 25.8. The Bertz CT molecular complexity index is 1280. The minimum Gasteiger partial charge on any atom is -0.349 e. The number of aromatic amines is 1. The molecular weight excluding hydrogens is 366 g/mol. The second kappa shape index (κ2) is 6.08. The van der Waals surface area contributed by atoms with Gasteiger partial charge in [0.2, 0.25) is 0 Å². The van der Waals surface area contributed by atoms with Crippen LogP contribution < -0.4 is 10.5 Å². The van der Waals surface area contributed by atoms with Crippen LogP contribution in [0.3, 0.4) is 0 Å². The Morgan fingerprint density at radius 1 is 1.21 bits per heavy atom. The zero-order valence-electron chi connectivity index (χ0n) is 15.0. The Morgan fingerprint density at radius 3 is 2.93 bits per heavy atom. The molecule has 0 saturated carbocycles. The van der Waals surface area contributed by atoms with E-state index in [9.17, 15) is 13.6 Å². The van der Waals surface area contributed by atoms with Gasteiger partial charge in [-0.1, -0.05) is 0 Å². The van der Waals surface area contributed by atoms with Gasteiger partial charge in [0.05, 0.1) is 6.04 Å². The molecule has 4 heterocycles. The molecule has 5 rings (SSSR count). The normalized spacial score (nSPS) is 17.1. The van der Waals surface area contributed by atoms with Crippen molar-refractivity contribution >= 4 is 22.5 Å². The van der Waals surface area contributed by atoms with Crippen molar-refractivity contribution in [1.82, 2.24) is 24.6 Å². The van der Waals surface area contributed by atoms with E-state index in [2.05, 4.69) is 20.1 Å². The standard InChI is InChI=1S/C19H16F2N6O/c1-10-22-17-16(19(28)23-10)18-24-15(6-8-27(18)25-17)26-7-2-3-14(26)12-9-11(20)4-5-13(12)21/h4-6,8-9,14H,2-3,7H2,1H3,(H,22,23,25,28)/t14-/m1/s1. The summed E-state index contributed by atoms with van der Waals surface area (Å²) in [5, 5.41) is 4.61. The molecule has 0 unspecified atom stereocenters. The Hall–Kier alpha value is -3.36. The summed E-state index contributed by atoms with van der Waals surface area (Å²) < 4.78 is 29.5. The smallest absolute Gasteiger partial charge is 0.264 e. The topological polar surface area (TPSA) is 79.2 Å². The number of fused-ring (bicyclic) bond motifs is 3. The van der Waals surface area contributed by atoms with E-state index in [0.717, 1.165) is 18.6 Å². The van der Waals surface area contributed by atoms with Gasteiger partial charge < -0.3 is 9.88 Å². The molecular formula is C19H16F2N6O. The highest BCUT2D eigenvalue weighted by Crippen LogP contribution is 2.36. The van der Waals surface area contributed by atoms with Crippen LogP contribution in [-0.2, 0) is 0 Å². The lowest BCUT2D eigenvalue weighted by atomic mass is 10.0. The number of nitrogens with one attached hydrogen (secondary N) is 1. The molecule has 7 nitrogen and oxygen atoms in total. The van der Waals surface area contributed by atoms with E-state index >= 15 is 0 Å². The maximum atomic E-state index is 14.3. The first kappa shape index (κ1) is 16.8. The minimum atomic E-state index is -0.471. The van der Waals surface area contributed by atoms with E-state index < -0.39 is 11.6 Å². The summed E-state index contributed by atoms with van der Waals surface area (Å²) in [6, 6.07) is 4.94.